The third-order valence-corrected chi connectivity index (χ3v) is 8.24. The molecule has 0 saturated carbocycles. The molecule has 0 radical (unpaired) electrons. The van der Waals surface area contributed by atoms with Crippen molar-refractivity contribution in [1.29, 1.82) is 0 Å². The van der Waals surface area contributed by atoms with Crippen molar-refractivity contribution in [2.24, 2.45) is 17.8 Å². The van der Waals surface area contributed by atoms with Crippen molar-refractivity contribution in [3.63, 3.8) is 0 Å². The average molecular weight is 491 g/mol. The van der Waals surface area contributed by atoms with E-state index in [9.17, 15) is 19.5 Å². The van der Waals surface area contributed by atoms with E-state index in [-0.39, 0.29) is 30.9 Å². The van der Waals surface area contributed by atoms with Crippen LogP contribution in [0.3, 0.4) is 0 Å². The van der Waals surface area contributed by atoms with Gasteiger partial charge in [-0.3, -0.25) is 14.4 Å². The third-order valence-electron chi connectivity index (χ3n) is 8.24. The molecule has 8 nitrogen and oxygen atoms in total. The number of hydrogen-bond donors (Lipinski definition) is 1. The normalized spacial score (nSPS) is 34.0. The Morgan fingerprint density at radius 3 is 2.66 bits per heavy atom. The molecule has 3 aliphatic heterocycles. The second kappa shape index (κ2) is 10.8. The topological polar surface area (TPSA) is 96.4 Å². The summed E-state index contributed by atoms with van der Waals surface area (Å²) in [5.74, 6) is -2.72. The van der Waals surface area contributed by atoms with Crippen LogP contribution in [0.5, 0.6) is 0 Å². The van der Waals surface area contributed by atoms with E-state index in [1.54, 1.807) is 24.0 Å². The largest absolute Gasteiger partial charge is 0.465 e. The van der Waals surface area contributed by atoms with Crippen molar-refractivity contribution in [3.05, 3.63) is 25.3 Å². The Kier molecular flexibility index (Phi) is 8.48. The highest BCUT2D eigenvalue weighted by atomic mass is 16.6. The molecule has 196 valence electrons. The molecule has 3 heterocycles. The average Bonchev–Trinajstić information content (AvgIpc) is 3.34. The van der Waals surface area contributed by atoms with Crippen LogP contribution >= 0.6 is 0 Å². The van der Waals surface area contributed by atoms with Crippen molar-refractivity contribution in [2.45, 2.75) is 83.1 Å². The molecule has 1 spiro atoms. The SMILES string of the molecule is C=CCCOC(=O)[C@H]1[C@H]2C(=O)N([C@H](C)CO)C(C(=O)N(CC=C)CCCCC)C23CC(C)[C@]1(C)O3. The number of carbonyl (C=O) groups excluding carboxylic acids is 3. The van der Waals surface area contributed by atoms with Crippen LogP contribution in [-0.2, 0) is 23.9 Å². The number of unbranched alkanes of at least 4 members (excludes halogenated alkanes) is 2. The van der Waals surface area contributed by atoms with Gasteiger partial charge in [-0.2, -0.15) is 0 Å². The van der Waals surface area contributed by atoms with Gasteiger partial charge in [-0.05, 0) is 39.0 Å². The lowest BCUT2D eigenvalue weighted by molar-refractivity contribution is -0.163. The number of rotatable bonds is 13. The van der Waals surface area contributed by atoms with Gasteiger partial charge < -0.3 is 24.4 Å². The molecule has 3 aliphatic rings. The molecule has 3 rings (SSSR count). The van der Waals surface area contributed by atoms with Gasteiger partial charge >= 0.3 is 5.97 Å². The second-order valence-corrected chi connectivity index (χ2v) is 10.5. The fraction of sp³-hybridized carbons (Fsp3) is 0.741. The maximum Gasteiger partial charge on any atom is 0.312 e. The molecule has 35 heavy (non-hydrogen) atoms. The van der Waals surface area contributed by atoms with E-state index in [1.165, 1.54) is 4.90 Å². The number of hydrogen-bond acceptors (Lipinski definition) is 6. The lowest BCUT2D eigenvalue weighted by Gasteiger charge is -2.38. The summed E-state index contributed by atoms with van der Waals surface area (Å²) in [4.78, 5) is 44.6. The Bertz CT molecular complexity index is 846. The molecule has 0 aromatic heterocycles. The van der Waals surface area contributed by atoms with Crippen LogP contribution in [0.25, 0.3) is 0 Å². The molecule has 2 bridgehead atoms. The molecule has 0 aliphatic carbocycles. The van der Waals surface area contributed by atoms with Crippen LogP contribution in [-0.4, -0.2) is 82.3 Å². The Hall–Kier alpha value is -2.19. The molecule has 8 heteroatoms. The number of likely N-dealkylation sites (tertiary alicyclic amines) is 1. The van der Waals surface area contributed by atoms with E-state index < -0.39 is 41.1 Å². The first-order valence-electron chi connectivity index (χ1n) is 12.9. The van der Waals surface area contributed by atoms with E-state index >= 15 is 0 Å². The molecular weight excluding hydrogens is 448 g/mol. The van der Waals surface area contributed by atoms with Crippen LogP contribution in [0.2, 0.25) is 0 Å². The molecule has 1 N–H and O–H groups in total. The molecule has 3 fully saturated rings. The molecule has 3 saturated heterocycles. The quantitative estimate of drug-likeness (QED) is 0.242. The summed E-state index contributed by atoms with van der Waals surface area (Å²) < 4.78 is 12.2. The number of carbonyl (C=O) groups is 3. The number of fused-ring (bicyclic) bond motifs is 1. The van der Waals surface area contributed by atoms with Gasteiger partial charge in [0.2, 0.25) is 11.8 Å². The van der Waals surface area contributed by atoms with Crippen molar-refractivity contribution in [3.8, 4) is 0 Å². The van der Waals surface area contributed by atoms with Crippen LogP contribution < -0.4 is 0 Å². The van der Waals surface area contributed by atoms with Crippen molar-refractivity contribution in [2.75, 3.05) is 26.3 Å². The minimum Gasteiger partial charge on any atom is -0.465 e. The summed E-state index contributed by atoms with van der Waals surface area (Å²) in [7, 11) is 0. The first-order chi connectivity index (χ1) is 16.6. The smallest absolute Gasteiger partial charge is 0.312 e. The molecule has 0 aromatic carbocycles. The van der Waals surface area contributed by atoms with E-state index in [0.717, 1.165) is 19.3 Å². The number of aliphatic hydroxyl groups excluding tert-OH is 1. The summed E-state index contributed by atoms with van der Waals surface area (Å²) in [6, 6.07) is -1.51. The van der Waals surface area contributed by atoms with E-state index in [0.29, 0.717) is 25.9 Å². The van der Waals surface area contributed by atoms with E-state index in [4.69, 9.17) is 9.47 Å². The highest BCUT2D eigenvalue weighted by molar-refractivity contribution is 5.98. The summed E-state index contributed by atoms with van der Waals surface area (Å²) in [6.07, 6.45) is 7.20. The predicted molar refractivity (Wildman–Crippen MR) is 132 cm³/mol. The number of amides is 2. The minimum atomic E-state index is -1.14. The Balaban J connectivity index is 2.04. The lowest BCUT2D eigenvalue weighted by atomic mass is 9.62. The van der Waals surface area contributed by atoms with Crippen molar-refractivity contribution in [1.82, 2.24) is 9.80 Å². The van der Waals surface area contributed by atoms with Gasteiger partial charge in [0.25, 0.3) is 0 Å². The number of nitrogens with zero attached hydrogens (tertiary/aromatic N) is 2. The molecule has 0 aromatic rings. The van der Waals surface area contributed by atoms with Crippen LogP contribution in [0, 0.1) is 17.8 Å². The fourth-order valence-electron chi connectivity index (χ4n) is 6.38. The first kappa shape index (κ1) is 27.4. The van der Waals surface area contributed by atoms with Gasteiger partial charge in [-0.25, -0.2) is 0 Å². The summed E-state index contributed by atoms with van der Waals surface area (Å²) >= 11 is 0. The zero-order chi connectivity index (χ0) is 26.0. The number of ether oxygens (including phenoxy) is 2. The Morgan fingerprint density at radius 1 is 1.34 bits per heavy atom. The lowest BCUT2D eigenvalue weighted by Crippen LogP contribution is -2.58. The Labute approximate surface area is 209 Å². The minimum absolute atomic E-state index is 0.0591. The van der Waals surface area contributed by atoms with Crippen LogP contribution in [0.1, 0.15) is 59.8 Å². The van der Waals surface area contributed by atoms with Crippen LogP contribution in [0.15, 0.2) is 25.3 Å². The molecule has 7 atom stereocenters. The highest BCUT2D eigenvalue weighted by Crippen LogP contribution is 2.65. The van der Waals surface area contributed by atoms with E-state index in [2.05, 4.69) is 20.1 Å². The standard InChI is InChI=1S/C27H42N2O6/c1-7-10-12-14-28(13-9-3)24(32)22-27-16-18(4)26(6,35-27)21(25(33)34-15-11-8-2)20(27)23(31)29(22)19(5)17-30/h8-9,18-22,30H,2-3,7,10-17H2,1,4-6H3/t18?,19-,20+,21-,22?,26+,27?/m1/s1. The van der Waals surface area contributed by atoms with Gasteiger partial charge in [-0.15, -0.1) is 13.2 Å². The molecule has 2 amide bonds. The second-order valence-electron chi connectivity index (χ2n) is 10.5. The van der Waals surface area contributed by atoms with Gasteiger partial charge in [0.05, 0.1) is 30.8 Å². The molecular formula is C27H42N2O6. The molecule has 3 unspecified atom stereocenters. The summed E-state index contributed by atoms with van der Waals surface area (Å²) in [5.41, 5.74) is -2.05. The maximum atomic E-state index is 14.1. The highest BCUT2D eigenvalue weighted by Gasteiger charge is 2.80. The number of esters is 1. The van der Waals surface area contributed by atoms with Gasteiger partial charge in [0.15, 0.2) is 0 Å². The summed E-state index contributed by atoms with van der Waals surface area (Å²) in [5, 5.41) is 10.0. The third kappa shape index (κ3) is 4.44. The van der Waals surface area contributed by atoms with Crippen molar-refractivity contribution < 1.29 is 29.0 Å². The predicted octanol–water partition coefficient (Wildman–Crippen LogP) is 2.70. The first-order valence-corrected chi connectivity index (χ1v) is 12.9. The van der Waals surface area contributed by atoms with Crippen LogP contribution in [0.4, 0.5) is 0 Å². The van der Waals surface area contributed by atoms with E-state index in [1.807, 2.05) is 13.8 Å². The van der Waals surface area contributed by atoms with Gasteiger partial charge in [-0.1, -0.05) is 38.8 Å². The Morgan fingerprint density at radius 2 is 2.06 bits per heavy atom. The monoisotopic (exact) mass is 490 g/mol. The summed E-state index contributed by atoms with van der Waals surface area (Å²) in [6.45, 7) is 16.0. The zero-order valence-corrected chi connectivity index (χ0v) is 21.7. The van der Waals surface area contributed by atoms with Gasteiger partial charge in [0, 0.05) is 13.1 Å². The maximum absolute atomic E-state index is 14.1. The fourth-order valence-corrected chi connectivity index (χ4v) is 6.38. The number of aliphatic hydroxyl groups is 1. The van der Waals surface area contributed by atoms with Crippen molar-refractivity contribution >= 4 is 17.8 Å². The zero-order valence-electron chi connectivity index (χ0n) is 21.7. The van der Waals surface area contributed by atoms with Gasteiger partial charge in [0.1, 0.15) is 17.6 Å².